The fourth-order valence-corrected chi connectivity index (χ4v) is 3.59. The van der Waals surface area contributed by atoms with Gasteiger partial charge >= 0.3 is 0 Å². The van der Waals surface area contributed by atoms with Crippen LogP contribution in [0.4, 0.5) is 11.4 Å². The summed E-state index contributed by atoms with van der Waals surface area (Å²) in [4.78, 5) is 14.2. The van der Waals surface area contributed by atoms with Crippen molar-refractivity contribution < 1.29 is 4.79 Å². The fourth-order valence-electron chi connectivity index (χ4n) is 2.18. The molecule has 1 aromatic carbocycles. The number of carbonyl (C=O) groups is 1. The zero-order valence-electron chi connectivity index (χ0n) is 11.6. The molecule has 1 aliphatic heterocycles. The number of rotatable bonds is 5. The molecule has 0 bridgehead atoms. The average molecular weight is 314 g/mol. The molecule has 1 fully saturated rings. The minimum Gasteiger partial charge on any atom is -0.397 e. The smallest absolute Gasteiger partial charge is 0.225 e. The van der Waals surface area contributed by atoms with Crippen molar-refractivity contribution in [3.05, 3.63) is 23.2 Å². The number of hydrogen-bond donors (Lipinski definition) is 2. The Labute approximate surface area is 129 Å². The van der Waals surface area contributed by atoms with Crippen molar-refractivity contribution in [1.29, 1.82) is 0 Å². The van der Waals surface area contributed by atoms with Crippen molar-refractivity contribution >= 4 is 40.6 Å². The van der Waals surface area contributed by atoms with E-state index in [0.29, 0.717) is 28.9 Å². The van der Waals surface area contributed by atoms with Crippen LogP contribution in [0.1, 0.15) is 12.8 Å². The highest BCUT2D eigenvalue weighted by molar-refractivity contribution is 7.99. The van der Waals surface area contributed by atoms with Gasteiger partial charge < -0.3 is 16.0 Å². The van der Waals surface area contributed by atoms with Crippen molar-refractivity contribution in [2.45, 2.75) is 18.9 Å². The lowest BCUT2D eigenvalue weighted by Gasteiger charge is -2.22. The summed E-state index contributed by atoms with van der Waals surface area (Å²) in [5, 5.41) is 3.35. The first-order chi connectivity index (χ1) is 9.56. The van der Waals surface area contributed by atoms with Gasteiger partial charge in [0.1, 0.15) is 0 Å². The first-order valence-electron chi connectivity index (χ1n) is 6.69. The number of nitrogens with zero attached hydrogens (tertiary/aromatic N) is 1. The largest absolute Gasteiger partial charge is 0.397 e. The quantitative estimate of drug-likeness (QED) is 0.821. The van der Waals surface area contributed by atoms with E-state index in [0.717, 1.165) is 6.54 Å². The standard InChI is InChI=1S/C14H20ClN3OS/c1-18(11-5-7-20-9-11)6-4-14(19)17-10-2-3-12(15)13(16)8-10/h2-3,8,11H,4-7,9,16H2,1H3,(H,17,19). The summed E-state index contributed by atoms with van der Waals surface area (Å²) in [5.74, 6) is 2.40. The van der Waals surface area contributed by atoms with Crippen molar-refractivity contribution in [3.8, 4) is 0 Å². The van der Waals surface area contributed by atoms with E-state index in [1.807, 2.05) is 11.8 Å². The first kappa shape index (κ1) is 15.5. The Bertz CT molecular complexity index is 477. The summed E-state index contributed by atoms with van der Waals surface area (Å²) in [5.41, 5.74) is 6.87. The summed E-state index contributed by atoms with van der Waals surface area (Å²) in [6.07, 6.45) is 1.71. The molecular weight excluding hydrogens is 294 g/mol. The van der Waals surface area contributed by atoms with E-state index >= 15 is 0 Å². The molecule has 1 atom stereocenters. The van der Waals surface area contributed by atoms with Crippen LogP contribution in [0.25, 0.3) is 0 Å². The molecule has 1 saturated heterocycles. The maximum absolute atomic E-state index is 11.9. The molecule has 6 heteroatoms. The lowest BCUT2D eigenvalue weighted by molar-refractivity contribution is -0.116. The second-order valence-electron chi connectivity index (χ2n) is 5.03. The molecule has 2 rings (SSSR count). The van der Waals surface area contributed by atoms with E-state index < -0.39 is 0 Å². The Morgan fingerprint density at radius 1 is 1.60 bits per heavy atom. The van der Waals surface area contributed by atoms with Gasteiger partial charge in [-0.15, -0.1) is 0 Å². The molecule has 1 aromatic rings. The number of benzene rings is 1. The third-order valence-electron chi connectivity index (χ3n) is 3.50. The molecule has 0 spiro atoms. The van der Waals surface area contributed by atoms with Crippen LogP contribution in [0.2, 0.25) is 5.02 Å². The van der Waals surface area contributed by atoms with E-state index in [1.165, 1.54) is 17.9 Å². The van der Waals surface area contributed by atoms with Crippen LogP contribution in [0.3, 0.4) is 0 Å². The van der Waals surface area contributed by atoms with E-state index in [9.17, 15) is 4.79 Å². The molecule has 110 valence electrons. The Kier molecular flexibility index (Phi) is 5.57. The number of halogens is 1. The summed E-state index contributed by atoms with van der Waals surface area (Å²) in [7, 11) is 2.09. The van der Waals surface area contributed by atoms with Gasteiger partial charge in [0.25, 0.3) is 0 Å². The molecule has 20 heavy (non-hydrogen) atoms. The Balaban J connectivity index is 1.78. The maximum atomic E-state index is 11.9. The fraction of sp³-hybridized carbons (Fsp3) is 0.500. The third-order valence-corrected chi connectivity index (χ3v) is 4.99. The lowest BCUT2D eigenvalue weighted by Crippen LogP contribution is -2.34. The zero-order valence-corrected chi connectivity index (χ0v) is 13.1. The van der Waals surface area contributed by atoms with Gasteiger partial charge in [-0.1, -0.05) is 11.6 Å². The molecule has 0 radical (unpaired) electrons. The number of nitrogens with one attached hydrogen (secondary N) is 1. The van der Waals surface area contributed by atoms with Gasteiger partial charge in [0.15, 0.2) is 0 Å². The number of anilines is 2. The topological polar surface area (TPSA) is 58.4 Å². The summed E-state index contributed by atoms with van der Waals surface area (Å²) in [6, 6.07) is 5.74. The molecular formula is C14H20ClN3OS. The predicted molar refractivity (Wildman–Crippen MR) is 87.5 cm³/mol. The van der Waals surface area contributed by atoms with Gasteiger partial charge in [-0.3, -0.25) is 4.79 Å². The maximum Gasteiger partial charge on any atom is 0.225 e. The van der Waals surface area contributed by atoms with E-state index in [2.05, 4.69) is 17.3 Å². The SMILES string of the molecule is CN(CCC(=O)Nc1ccc(Cl)c(N)c1)C1CCSC1. The zero-order chi connectivity index (χ0) is 14.5. The van der Waals surface area contributed by atoms with Gasteiger partial charge in [0, 0.05) is 30.4 Å². The van der Waals surface area contributed by atoms with Crippen LogP contribution in [-0.2, 0) is 4.79 Å². The first-order valence-corrected chi connectivity index (χ1v) is 8.22. The Hall–Kier alpha value is -0.910. The summed E-state index contributed by atoms with van der Waals surface area (Å²) >= 11 is 7.83. The summed E-state index contributed by atoms with van der Waals surface area (Å²) < 4.78 is 0. The van der Waals surface area contributed by atoms with Gasteiger partial charge in [-0.2, -0.15) is 11.8 Å². The van der Waals surface area contributed by atoms with Crippen molar-refractivity contribution in [1.82, 2.24) is 4.90 Å². The second-order valence-corrected chi connectivity index (χ2v) is 6.59. The monoisotopic (exact) mass is 313 g/mol. The van der Waals surface area contributed by atoms with Gasteiger partial charge in [0.2, 0.25) is 5.91 Å². The number of thioether (sulfide) groups is 1. The Morgan fingerprint density at radius 3 is 3.05 bits per heavy atom. The van der Waals surface area contributed by atoms with Crippen LogP contribution in [0, 0.1) is 0 Å². The minimum absolute atomic E-state index is 0.00391. The molecule has 1 heterocycles. The van der Waals surface area contributed by atoms with E-state index in [-0.39, 0.29) is 5.91 Å². The highest BCUT2D eigenvalue weighted by atomic mass is 35.5. The lowest BCUT2D eigenvalue weighted by atomic mass is 10.2. The summed E-state index contributed by atoms with van der Waals surface area (Å²) in [6.45, 7) is 0.778. The number of hydrogen-bond acceptors (Lipinski definition) is 4. The van der Waals surface area contributed by atoms with Gasteiger partial charge in [-0.25, -0.2) is 0 Å². The van der Waals surface area contributed by atoms with Crippen molar-refractivity contribution in [2.24, 2.45) is 0 Å². The molecule has 0 aliphatic carbocycles. The third kappa shape index (κ3) is 4.30. The second kappa shape index (κ2) is 7.20. The van der Waals surface area contributed by atoms with Crippen molar-refractivity contribution in [3.63, 3.8) is 0 Å². The average Bonchev–Trinajstić information content (AvgIpc) is 2.94. The van der Waals surface area contributed by atoms with Gasteiger partial charge in [0.05, 0.1) is 10.7 Å². The van der Waals surface area contributed by atoms with E-state index in [4.69, 9.17) is 17.3 Å². The van der Waals surface area contributed by atoms with E-state index in [1.54, 1.807) is 18.2 Å². The number of nitrogens with two attached hydrogens (primary N) is 1. The predicted octanol–water partition coefficient (Wildman–Crippen LogP) is 2.69. The normalized spacial score (nSPS) is 18.4. The molecule has 1 aliphatic rings. The molecule has 0 saturated carbocycles. The highest BCUT2D eigenvalue weighted by Gasteiger charge is 2.20. The highest BCUT2D eigenvalue weighted by Crippen LogP contribution is 2.23. The number of amides is 1. The van der Waals surface area contributed by atoms with Crippen molar-refractivity contribution in [2.75, 3.05) is 36.1 Å². The molecule has 0 aromatic heterocycles. The van der Waals surface area contributed by atoms with Crippen LogP contribution in [0.15, 0.2) is 18.2 Å². The minimum atomic E-state index is 0.00391. The molecule has 4 nitrogen and oxygen atoms in total. The molecule has 3 N–H and O–H groups in total. The van der Waals surface area contributed by atoms with Gasteiger partial charge in [-0.05, 0) is 37.4 Å². The van der Waals surface area contributed by atoms with Crippen LogP contribution >= 0.6 is 23.4 Å². The number of nitrogen functional groups attached to an aromatic ring is 1. The van der Waals surface area contributed by atoms with Crippen LogP contribution in [0.5, 0.6) is 0 Å². The number of carbonyl (C=O) groups excluding carboxylic acids is 1. The Morgan fingerprint density at radius 2 is 2.40 bits per heavy atom. The molecule has 1 amide bonds. The van der Waals surface area contributed by atoms with Crippen LogP contribution in [-0.4, -0.2) is 41.9 Å². The van der Waals surface area contributed by atoms with Crippen LogP contribution < -0.4 is 11.1 Å². The molecule has 1 unspecified atom stereocenters.